The second kappa shape index (κ2) is 6.89. The number of nitrogens with zero attached hydrogens (tertiary/aromatic N) is 1. The van der Waals surface area contributed by atoms with E-state index < -0.39 is 9.84 Å². The minimum atomic E-state index is -3.27. The molecule has 2 aromatic rings. The summed E-state index contributed by atoms with van der Waals surface area (Å²) in [5, 5.41) is 0.619. The second-order valence-corrected chi connectivity index (χ2v) is 9.08. The molecule has 0 aromatic heterocycles. The molecule has 1 unspecified atom stereocenters. The Morgan fingerprint density at radius 1 is 1.04 bits per heavy atom. The molecule has 0 radical (unpaired) electrons. The summed E-state index contributed by atoms with van der Waals surface area (Å²) in [4.78, 5) is 14.7. The number of carbonyl (C=O) groups is 1. The van der Waals surface area contributed by atoms with E-state index in [0.717, 1.165) is 22.3 Å². The van der Waals surface area contributed by atoms with E-state index in [1.807, 2.05) is 19.1 Å². The van der Waals surface area contributed by atoms with E-state index in [1.54, 1.807) is 48.3 Å². The van der Waals surface area contributed by atoms with Gasteiger partial charge in [-0.15, -0.1) is 0 Å². The summed E-state index contributed by atoms with van der Waals surface area (Å²) in [7, 11) is -1.47. The molecular weight excluding hydrogens is 370 g/mol. The van der Waals surface area contributed by atoms with Gasteiger partial charge in [0.2, 0.25) is 5.91 Å². The fraction of sp³-hybridized carbons (Fsp3) is 0.250. The summed E-state index contributed by atoms with van der Waals surface area (Å²) in [6.07, 6.45) is 1.82. The van der Waals surface area contributed by atoms with Crippen molar-refractivity contribution >= 4 is 32.9 Å². The van der Waals surface area contributed by atoms with Crippen molar-refractivity contribution in [1.29, 1.82) is 0 Å². The largest absolute Gasteiger partial charge is 0.339 e. The zero-order valence-electron chi connectivity index (χ0n) is 14.9. The number of amides is 1. The van der Waals surface area contributed by atoms with Gasteiger partial charge in [-0.05, 0) is 54.3 Å². The van der Waals surface area contributed by atoms with Crippen molar-refractivity contribution in [2.24, 2.45) is 0 Å². The molecule has 0 bridgehead atoms. The number of hydrogen-bond acceptors (Lipinski definition) is 3. The van der Waals surface area contributed by atoms with E-state index in [-0.39, 0.29) is 16.8 Å². The molecule has 0 N–H and O–H groups in total. The van der Waals surface area contributed by atoms with Crippen molar-refractivity contribution in [1.82, 2.24) is 4.90 Å². The Morgan fingerprint density at radius 2 is 1.54 bits per heavy atom. The summed E-state index contributed by atoms with van der Waals surface area (Å²) in [6.45, 7) is 2.01. The van der Waals surface area contributed by atoms with E-state index in [1.165, 1.54) is 6.26 Å². The standard InChI is InChI=1S/C20H20ClNO3S/c1-13-12-18(20(23)22(13)2)19(14-4-8-16(21)9-5-14)15-6-10-17(11-7-15)26(3,24)25/h4-11,13H,12H2,1-3H3. The Morgan fingerprint density at radius 3 is 1.96 bits per heavy atom. The first-order valence-electron chi connectivity index (χ1n) is 8.25. The van der Waals surface area contributed by atoms with Crippen LogP contribution in [0.5, 0.6) is 0 Å². The third-order valence-electron chi connectivity index (χ3n) is 4.75. The van der Waals surface area contributed by atoms with Gasteiger partial charge in [-0.3, -0.25) is 4.79 Å². The molecule has 136 valence electrons. The average molecular weight is 390 g/mol. The Hall–Kier alpha value is -2.11. The molecule has 0 aliphatic carbocycles. The summed E-state index contributed by atoms with van der Waals surface area (Å²) in [5.74, 6) is -0.00496. The molecule has 26 heavy (non-hydrogen) atoms. The van der Waals surface area contributed by atoms with Crippen molar-refractivity contribution in [2.75, 3.05) is 13.3 Å². The maximum atomic E-state index is 12.7. The van der Waals surface area contributed by atoms with Crippen LogP contribution in [0.15, 0.2) is 59.0 Å². The van der Waals surface area contributed by atoms with Gasteiger partial charge in [0.25, 0.3) is 0 Å². The van der Waals surface area contributed by atoms with Crippen LogP contribution in [0.1, 0.15) is 24.5 Å². The Bertz CT molecular complexity index is 977. The van der Waals surface area contributed by atoms with Gasteiger partial charge < -0.3 is 4.90 Å². The SMILES string of the molecule is CC1CC(=C(c2ccc(Cl)cc2)c2ccc(S(C)(=O)=O)cc2)C(=O)N1C. The number of likely N-dealkylation sites (N-methyl/N-ethyl adjacent to an activating group) is 1. The third-order valence-corrected chi connectivity index (χ3v) is 6.13. The lowest BCUT2D eigenvalue weighted by Gasteiger charge is -2.14. The van der Waals surface area contributed by atoms with E-state index in [9.17, 15) is 13.2 Å². The lowest BCUT2D eigenvalue weighted by molar-refractivity contribution is -0.124. The zero-order valence-corrected chi connectivity index (χ0v) is 16.4. The number of rotatable bonds is 3. The first-order chi connectivity index (χ1) is 12.2. The van der Waals surface area contributed by atoms with E-state index in [0.29, 0.717) is 11.4 Å². The molecule has 4 nitrogen and oxygen atoms in total. The van der Waals surface area contributed by atoms with Gasteiger partial charge in [0.1, 0.15) is 0 Å². The highest BCUT2D eigenvalue weighted by molar-refractivity contribution is 7.90. The lowest BCUT2D eigenvalue weighted by Crippen LogP contribution is -2.26. The van der Waals surface area contributed by atoms with Gasteiger partial charge in [-0.1, -0.05) is 35.9 Å². The van der Waals surface area contributed by atoms with Crippen LogP contribution in [0.4, 0.5) is 0 Å². The number of sulfone groups is 1. The normalized spacial score (nSPS) is 19.8. The van der Waals surface area contributed by atoms with Crippen molar-refractivity contribution in [3.8, 4) is 0 Å². The fourth-order valence-electron chi connectivity index (χ4n) is 3.14. The fourth-order valence-corrected chi connectivity index (χ4v) is 3.90. The predicted octanol–water partition coefficient (Wildman–Crippen LogP) is 3.80. The number of hydrogen-bond donors (Lipinski definition) is 0. The lowest BCUT2D eigenvalue weighted by atomic mass is 9.91. The monoisotopic (exact) mass is 389 g/mol. The molecule has 0 saturated carbocycles. The third kappa shape index (κ3) is 3.55. The molecule has 1 amide bonds. The van der Waals surface area contributed by atoms with Crippen LogP contribution in [0, 0.1) is 0 Å². The molecule has 2 aromatic carbocycles. The number of carbonyl (C=O) groups excluding carboxylic acids is 1. The zero-order chi connectivity index (χ0) is 19.1. The topological polar surface area (TPSA) is 54.5 Å². The van der Waals surface area contributed by atoms with Gasteiger partial charge in [-0.25, -0.2) is 8.42 Å². The molecule has 1 heterocycles. The Labute approximate surface area is 159 Å². The summed E-state index contributed by atoms with van der Waals surface area (Å²) in [6, 6.07) is 14.1. The minimum Gasteiger partial charge on any atom is -0.339 e. The highest BCUT2D eigenvalue weighted by Crippen LogP contribution is 2.35. The highest BCUT2D eigenvalue weighted by Gasteiger charge is 2.32. The van der Waals surface area contributed by atoms with Crippen molar-refractivity contribution < 1.29 is 13.2 Å². The molecule has 0 spiro atoms. The van der Waals surface area contributed by atoms with E-state index in [4.69, 9.17) is 11.6 Å². The van der Waals surface area contributed by atoms with Gasteiger partial charge >= 0.3 is 0 Å². The predicted molar refractivity (Wildman–Crippen MR) is 104 cm³/mol. The molecule has 3 rings (SSSR count). The molecule has 1 saturated heterocycles. The number of halogens is 1. The van der Waals surface area contributed by atoms with Crippen LogP contribution in [0.2, 0.25) is 5.02 Å². The van der Waals surface area contributed by atoms with Crippen molar-refractivity contribution in [3.05, 3.63) is 70.3 Å². The van der Waals surface area contributed by atoms with E-state index >= 15 is 0 Å². The highest BCUT2D eigenvalue weighted by atomic mass is 35.5. The molecule has 1 atom stereocenters. The molecule has 6 heteroatoms. The van der Waals surface area contributed by atoms with E-state index in [2.05, 4.69) is 0 Å². The van der Waals surface area contributed by atoms with Gasteiger partial charge in [0, 0.05) is 29.9 Å². The van der Waals surface area contributed by atoms with Crippen LogP contribution in [0.25, 0.3) is 5.57 Å². The maximum absolute atomic E-state index is 12.7. The Balaban J connectivity index is 2.19. The van der Waals surface area contributed by atoms with Gasteiger partial charge in [0.15, 0.2) is 9.84 Å². The molecule has 1 aliphatic heterocycles. The summed E-state index contributed by atoms with van der Waals surface area (Å²) in [5.41, 5.74) is 3.25. The van der Waals surface area contributed by atoms with Crippen LogP contribution >= 0.6 is 11.6 Å². The number of likely N-dealkylation sites (tertiary alicyclic amines) is 1. The van der Waals surface area contributed by atoms with Gasteiger partial charge in [0.05, 0.1) is 4.90 Å². The van der Waals surface area contributed by atoms with Crippen molar-refractivity contribution in [3.63, 3.8) is 0 Å². The van der Waals surface area contributed by atoms with Crippen LogP contribution < -0.4 is 0 Å². The van der Waals surface area contributed by atoms with Crippen LogP contribution in [0.3, 0.4) is 0 Å². The Kier molecular flexibility index (Phi) is 4.95. The smallest absolute Gasteiger partial charge is 0.250 e. The molecule has 1 aliphatic rings. The van der Waals surface area contributed by atoms with Crippen molar-refractivity contribution in [2.45, 2.75) is 24.3 Å². The molecule has 1 fully saturated rings. The molecular formula is C20H20ClNO3S. The second-order valence-electron chi connectivity index (χ2n) is 6.63. The summed E-state index contributed by atoms with van der Waals surface area (Å²) < 4.78 is 23.5. The first kappa shape index (κ1) is 18.7. The maximum Gasteiger partial charge on any atom is 0.250 e. The van der Waals surface area contributed by atoms with Gasteiger partial charge in [-0.2, -0.15) is 0 Å². The van der Waals surface area contributed by atoms with Crippen LogP contribution in [-0.2, 0) is 14.6 Å². The summed E-state index contributed by atoms with van der Waals surface area (Å²) >= 11 is 6.01. The quantitative estimate of drug-likeness (QED) is 0.750. The van der Waals surface area contributed by atoms with Crippen LogP contribution in [-0.4, -0.2) is 38.6 Å². The average Bonchev–Trinajstić information content (AvgIpc) is 2.84. The first-order valence-corrected chi connectivity index (χ1v) is 10.5. The number of benzene rings is 2. The minimum absolute atomic E-state index is 0.00496.